The lowest BCUT2D eigenvalue weighted by Crippen LogP contribution is -2.41. The maximum atomic E-state index is 12.8. The van der Waals surface area contributed by atoms with Crippen molar-refractivity contribution in [2.24, 2.45) is 5.92 Å². The van der Waals surface area contributed by atoms with Gasteiger partial charge in [0, 0.05) is 35.4 Å². The highest BCUT2D eigenvalue weighted by molar-refractivity contribution is 7.92. The first-order valence-electron chi connectivity index (χ1n) is 11.7. The molecule has 37 heavy (non-hydrogen) atoms. The molecule has 0 unspecified atom stereocenters. The third-order valence-corrected chi connectivity index (χ3v) is 9.72. The Bertz CT molecular complexity index is 1450. The summed E-state index contributed by atoms with van der Waals surface area (Å²) in [4.78, 5) is 12.8. The van der Waals surface area contributed by atoms with Gasteiger partial charge >= 0.3 is 0 Å². The van der Waals surface area contributed by atoms with Gasteiger partial charge in [-0.1, -0.05) is 41.4 Å². The second kappa shape index (κ2) is 11.2. The number of amides is 1. The normalized spacial score (nSPS) is 15.3. The minimum atomic E-state index is -3.77. The SMILES string of the molecule is Cc1ccc(NS(=O)(=O)c2ccc(NC(=O)C3CCN(S(=O)(=O)Cc4ccc(Cl)cc4)CC3)cc2)cc1. The summed E-state index contributed by atoms with van der Waals surface area (Å²) in [6.45, 7) is 2.44. The molecule has 0 aliphatic carbocycles. The Labute approximate surface area is 222 Å². The van der Waals surface area contributed by atoms with Crippen molar-refractivity contribution in [1.82, 2.24) is 4.31 Å². The molecule has 196 valence electrons. The zero-order chi connectivity index (χ0) is 26.6. The van der Waals surface area contributed by atoms with Crippen LogP contribution in [0.4, 0.5) is 11.4 Å². The lowest BCUT2D eigenvalue weighted by molar-refractivity contribution is -0.120. The summed E-state index contributed by atoms with van der Waals surface area (Å²) in [6, 6.07) is 19.6. The number of halogens is 1. The second-order valence-corrected chi connectivity index (χ2v) is 13.1. The Hall–Kier alpha value is -2.92. The van der Waals surface area contributed by atoms with Gasteiger partial charge in [0.05, 0.1) is 10.6 Å². The monoisotopic (exact) mass is 561 g/mol. The maximum absolute atomic E-state index is 12.8. The number of sulfonamides is 2. The Kier molecular flexibility index (Phi) is 8.23. The summed E-state index contributed by atoms with van der Waals surface area (Å²) in [5.41, 5.74) is 2.61. The van der Waals surface area contributed by atoms with Crippen LogP contribution in [0.15, 0.2) is 77.7 Å². The van der Waals surface area contributed by atoms with Crippen LogP contribution in [-0.4, -0.2) is 40.1 Å². The van der Waals surface area contributed by atoms with Crippen LogP contribution in [-0.2, 0) is 30.6 Å². The molecule has 0 aromatic heterocycles. The molecular formula is C26H28ClN3O5S2. The average molecular weight is 562 g/mol. The Morgan fingerprint density at radius 2 is 1.43 bits per heavy atom. The number of carbonyl (C=O) groups is 1. The first kappa shape index (κ1) is 27.1. The number of rotatable bonds is 8. The number of hydrogen-bond donors (Lipinski definition) is 2. The van der Waals surface area contributed by atoms with Gasteiger partial charge in [-0.25, -0.2) is 21.1 Å². The highest BCUT2D eigenvalue weighted by Crippen LogP contribution is 2.24. The van der Waals surface area contributed by atoms with Crippen molar-refractivity contribution in [3.05, 3.63) is 88.9 Å². The van der Waals surface area contributed by atoms with Gasteiger partial charge in [0.25, 0.3) is 10.0 Å². The van der Waals surface area contributed by atoms with Crippen molar-refractivity contribution in [2.45, 2.75) is 30.4 Å². The van der Waals surface area contributed by atoms with Crippen molar-refractivity contribution in [2.75, 3.05) is 23.1 Å². The van der Waals surface area contributed by atoms with E-state index >= 15 is 0 Å². The largest absolute Gasteiger partial charge is 0.326 e. The predicted molar refractivity (Wildman–Crippen MR) is 145 cm³/mol. The molecule has 1 saturated heterocycles. The van der Waals surface area contributed by atoms with Crippen molar-refractivity contribution in [3.8, 4) is 0 Å². The summed E-state index contributed by atoms with van der Waals surface area (Å²) in [5, 5.41) is 3.35. The van der Waals surface area contributed by atoms with Gasteiger partial charge in [0.2, 0.25) is 15.9 Å². The quantitative estimate of drug-likeness (QED) is 0.416. The van der Waals surface area contributed by atoms with E-state index in [2.05, 4.69) is 10.0 Å². The highest BCUT2D eigenvalue weighted by Gasteiger charge is 2.31. The van der Waals surface area contributed by atoms with Gasteiger partial charge in [-0.05, 0) is 73.9 Å². The molecule has 1 heterocycles. The fourth-order valence-electron chi connectivity index (χ4n) is 4.08. The number of carbonyl (C=O) groups excluding carboxylic acids is 1. The Morgan fingerprint density at radius 1 is 0.865 bits per heavy atom. The number of hydrogen-bond acceptors (Lipinski definition) is 5. The Balaban J connectivity index is 1.30. The van der Waals surface area contributed by atoms with Gasteiger partial charge in [-0.3, -0.25) is 9.52 Å². The van der Waals surface area contributed by atoms with Crippen molar-refractivity contribution >= 4 is 48.9 Å². The minimum Gasteiger partial charge on any atom is -0.326 e. The molecule has 0 radical (unpaired) electrons. The van der Waals surface area contributed by atoms with E-state index in [1.54, 1.807) is 36.4 Å². The van der Waals surface area contributed by atoms with E-state index in [4.69, 9.17) is 11.6 Å². The molecule has 1 aliphatic heterocycles. The molecule has 11 heteroatoms. The molecule has 0 saturated carbocycles. The van der Waals surface area contributed by atoms with Gasteiger partial charge in [0.15, 0.2) is 0 Å². The van der Waals surface area contributed by atoms with Gasteiger partial charge in [-0.2, -0.15) is 0 Å². The highest BCUT2D eigenvalue weighted by atomic mass is 35.5. The van der Waals surface area contributed by atoms with Crippen LogP contribution in [0.3, 0.4) is 0 Å². The second-order valence-electron chi connectivity index (χ2n) is 9.04. The molecule has 0 bridgehead atoms. The van der Waals surface area contributed by atoms with Crippen LogP contribution < -0.4 is 10.0 Å². The van der Waals surface area contributed by atoms with Crippen LogP contribution in [0.5, 0.6) is 0 Å². The summed E-state index contributed by atoms with van der Waals surface area (Å²) < 4.78 is 54.8. The van der Waals surface area contributed by atoms with Crippen molar-refractivity contribution < 1.29 is 21.6 Å². The number of nitrogens with zero attached hydrogens (tertiary/aromatic N) is 1. The zero-order valence-electron chi connectivity index (χ0n) is 20.2. The molecule has 1 fully saturated rings. The van der Waals surface area contributed by atoms with Crippen LogP contribution in [0.2, 0.25) is 5.02 Å². The summed E-state index contributed by atoms with van der Waals surface area (Å²) in [5.74, 6) is -0.675. The molecule has 1 aliphatic rings. The number of piperidine rings is 1. The molecule has 3 aromatic carbocycles. The van der Waals surface area contributed by atoms with Crippen LogP contribution >= 0.6 is 11.6 Å². The van der Waals surface area contributed by atoms with E-state index in [-0.39, 0.29) is 35.6 Å². The minimum absolute atomic E-state index is 0.0743. The van der Waals surface area contributed by atoms with E-state index < -0.39 is 20.0 Å². The topological polar surface area (TPSA) is 113 Å². The summed E-state index contributed by atoms with van der Waals surface area (Å²) in [6.07, 6.45) is 0.803. The molecule has 0 atom stereocenters. The maximum Gasteiger partial charge on any atom is 0.261 e. The standard InChI is InChI=1S/C26H28ClN3O5S2/c1-19-2-8-24(9-3-19)29-37(34,35)25-12-10-23(11-13-25)28-26(31)21-14-16-30(17-15-21)36(32,33)18-20-4-6-22(27)7-5-20/h2-13,21,29H,14-18H2,1H3,(H,28,31). The first-order chi connectivity index (χ1) is 17.5. The van der Waals surface area contributed by atoms with E-state index in [0.717, 1.165) is 5.56 Å². The molecule has 2 N–H and O–H groups in total. The molecular weight excluding hydrogens is 534 g/mol. The number of aryl methyl sites for hydroxylation is 1. The molecule has 3 aromatic rings. The van der Waals surface area contributed by atoms with E-state index in [9.17, 15) is 21.6 Å². The number of benzene rings is 3. The van der Waals surface area contributed by atoms with E-state index in [1.807, 2.05) is 19.1 Å². The Morgan fingerprint density at radius 3 is 2.03 bits per heavy atom. The van der Waals surface area contributed by atoms with Gasteiger partial charge < -0.3 is 5.32 Å². The summed E-state index contributed by atoms with van der Waals surface area (Å²) in [7, 11) is -7.27. The average Bonchev–Trinajstić information content (AvgIpc) is 2.87. The molecule has 4 rings (SSSR count). The van der Waals surface area contributed by atoms with Crippen molar-refractivity contribution in [1.29, 1.82) is 0 Å². The van der Waals surface area contributed by atoms with E-state index in [0.29, 0.717) is 34.8 Å². The number of anilines is 2. The molecule has 0 spiro atoms. The zero-order valence-corrected chi connectivity index (χ0v) is 22.6. The van der Waals surface area contributed by atoms with Gasteiger partial charge in [0.1, 0.15) is 0 Å². The predicted octanol–water partition coefficient (Wildman–Crippen LogP) is 4.63. The smallest absolute Gasteiger partial charge is 0.261 e. The number of nitrogens with one attached hydrogen (secondary N) is 2. The molecule has 1 amide bonds. The van der Waals surface area contributed by atoms with Crippen LogP contribution in [0.1, 0.15) is 24.0 Å². The molecule has 8 nitrogen and oxygen atoms in total. The van der Waals surface area contributed by atoms with E-state index in [1.165, 1.54) is 28.6 Å². The fraction of sp³-hybridized carbons (Fsp3) is 0.269. The van der Waals surface area contributed by atoms with Gasteiger partial charge in [-0.15, -0.1) is 0 Å². The lowest BCUT2D eigenvalue weighted by atomic mass is 9.97. The van der Waals surface area contributed by atoms with Crippen molar-refractivity contribution in [3.63, 3.8) is 0 Å². The first-order valence-corrected chi connectivity index (χ1v) is 15.2. The third kappa shape index (κ3) is 7.10. The third-order valence-electron chi connectivity index (χ3n) is 6.22. The van der Waals surface area contributed by atoms with Crippen LogP contribution in [0, 0.1) is 12.8 Å². The fourth-order valence-corrected chi connectivity index (χ4v) is 6.82. The van der Waals surface area contributed by atoms with Crippen LogP contribution in [0.25, 0.3) is 0 Å². The lowest BCUT2D eigenvalue weighted by Gasteiger charge is -2.30. The summed E-state index contributed by atoms with van der Waals surface area (Å²) >= 11 is 5.87.